The molecule has 0 unspecified atom stereocenters. The molecule has 21 heavy (non-hydrogen) atoms. The van der Waals surface area contributed by atoms with Gasteiger partial charge in [0.2, 0.25) is 11.8 Å². The van der Waals surface area contributed by atoms with Crippen molar-refractivity contribution < 1.29 is 9.59 Å². The number of likely N-dealkylation sites (N-methyl/N-ethyl adjacent to an activating group) is 1. The predicted molar refractivity (Wildman–Crippen MR) is 82.9 cm³/mol. The van der Waals surface area contributed by atoms with Gasteiger partial charge in [0.1, 0.15) is 0 Å². The summed E-state index contributed by atoms with van der Waals surface area (Å²) in [5.74, 6) is 0.266. The lowest BCUT2D eigenvalue weighted by atomic mass is 9.74. The summed E-state index contributed by atoms with van der Waals surface area (Å²) < 4.78 is 0. The fourth-order valence-corrected chi connectivity index (χ4v) is 3.70. The van der Waals surface area contributed by atoms with E-state index in [1.807, 2.05) is 4.90 Å². The van der Waals surface area contributed by atoms with E-state index in [4.69, 9.17) is 0 Å². The number of likely N-dealkylation sites (tertiary alicyclic amines) is 1. The van der Waals surface area contributed by atoms with E-state index in [9.17, 15) is 9.59 Å². The zero-order valence-corrected chi connectivity index (χ0v) is 13.5. The summed E-state index contributed by atoms with van der Waals surface area (Å²) >= 11 is 0. The maximum atomic E-state index is 12.9. The second-order valence-corrected chi connectivity index (χ2v) is 6.53. The maximum absolute atomic E-state index is 12.9. The second kappa shape index (κ2) is 7.25. The molecule has 0 bridgehead atoms. The Labute approximate surface area is 128 Å². The van der Waals surface area contributed by atoms with Crippen LogP contribution in [0, 0.1) is 5.41 Å². The van der Waals surface area contributed by atoms with Gasteiger partial charge in [0, 0.05) is 20.1 Å². The third-order valence-corrected chi connectivity index (χ3v) is 4.92. The Balaban J connectivity index is 1.96. The lowest BCUT2D eigenvalue weighted by Crippen LogP contribution is -2.50. The Kier molecular flexibility index (Phi) is 5.62. The largest absolute Gasteiger partial charge is 0.341 e. The minimum Gasteiger partial charge on any atom is -0.341 e. The Morgan fingerprint density at radius 3 is 2.38 bits per heavy atom. The fraction of sp³-hybridized carbons (Fsp3) is 0.875. The molecule has 2 fully saturated rings. The Hall–Kier alpha value is -1.10. The highest BCUT2D eigenvalue weighted by molar-refractivity contribution is 5.88. The van der Waals surface area contributed by atoms with Crippen molar-refractivity contribution in [1.82, 2.24) is 15.1 Å². The van der Waals surface area contributed by atoms with E-state index >= 15 is 0 Å². The summed E-state index contributed by atoms with van der Waals surface area (Å²) in [5.41, 5.74) is -0.250. The van der Waals surface area contributed by atoms with Crippen molar-refractivity contribution in [2.75, 3.05) is 39.8 Å². The summed E-state index contributed by atoms with van der Waals surface area (Å²) in [5, 5.41) is 3.33. The first-order chi connectivity index (χ1) is 10.1. The van der Waals surface area contributed by atoms with E-state index in [1.165, 1.54) is 0 Å². The molecule has 2 aliphatic rings. The van der Waals surface area contributed by atoms with Gasteiger partial charge < -0.3 is 15.1 Å². The molecule has 2 rings (SSSR count). The van der Waals surface area contributed by atoms with Gasteiger partial charge in [-0.15, -0.1) is 0 Å². The van der Waals surface area contributed by atoms with Crippen molar-refractivity contribution in [2.45, 2.75) is 45.4 Å². The number of amides is 2. The average Bonchev–Trinajstić information content (AvgIpc) is 3.02. The molecule has 0 aliphatic carbocycles. The number of nitrogens with one attached hydrogen (secondary N) is 1. The van der Waals surface area contributed by atoms with Crippen molar-refractivity contribution in [3.05, 3.63) is 0 Å². The number of carbonyl (C=O) groups excluding carboxylic acids is 2. The van der Waals surface area contributed by atoms with Crippen LogP contribution in [0.15, 0.2) is 0 Å². The minimum atomic E-state index is -0.250. The van der Waals surface area contributed by atoms with E-state index in [1.54, 1.807) is 11.9 Å². The molecule has 0 radical (unpaired) electrons. The van der Waals surface area contributed by atoms with E-state index in [-0.39, 0.29) is 23.8 Å². The summed E-state index contributed by atoms with van der Waals surface area (Å²) in [4.78, 5) is 28.7. The quantitative estimate of drug-likeness (QED) is 0.830. The van der Waals surface area contributed by atoms with Crippen molar-refractivity contribution in [2.24, 2.45) is 5.41 Å². The second-order valence-electron chi connectivity index (χ2n) is 6.53. The van der Waals surface area contributed by atoms with E-state index in [0.29, 0.717) is 0 Å². The highest BCUT2D eigenvalue weighted by Gasteiger charge is 2.40. The van der Waals surface area contributed by atoms with Gasteiger partial charge in [-0.25, -0.2) is 0 Å². The molecule has 120 valence electrons. The van der Waals surface area contributed by atoms with Gasteiger partial charge in [0.15, 0.2) is 0 Å². The van der Waals surface area contributed by atoms with Gasteiger partial charge in [0.05, 0.1) is 12.0 Å². The molecular weight excluding hydrogens is 266 g/mol. The molecule has 2 saturated heterocycles. The monoisotopic (exact) mass is 295 g/mol. The first-order valence-corrected chi connectivity index (χ1v) is 8.33. The van der Waals surface area contributed by atoms with Crippen LogP contribution in [0.5, 0.6) is 0 Å². The van der Waals surface area contributed by atoms with E-state index < -0.39 is 0 Å². The first kappa shape index (κ1) is 16.3. The Morgan fingerprint density at radius 1 is 1.19 bits per heavy atom. The zero-order valence-electron chi connectivity index (χ0n) is 13.5. The topological polar surface area (TPSA) is 52.7 Å². The predicted octanol–water partition coefficient (Wildman–Crippen LogP) is 1.24. The van der Waals surface area contributed by atoms with Crippen LogP contribution in [-0.2, 0) is 9.59 Å². The molecule has 2 heterocycles. The van der Waals surface area contributed by atoms with Crippen LogP contribution in [0.1, 0.15) is 45.4 Å². The van der Waals surface area contributed by atoms with Crippen LogP contribution in [0.25, 0.3) is 0 Å². The number of hydrogen-bond donors (Lipinski definition) is 1. The lowest BCUT2D eigenvalue weighted by Gasteiger charge is -2.39. The third-order valence-electron chi connectivity index (χ3n) is 4.92. The number of nitrogens with zero attached hydrogens (tertiary/aromatic N) is 2. The number of rotatable bonds is 5. The van der Waals surface area contributed by atoms with Crippen molar-refractivity contribution in [3.8, 4) is 0 Å². The molecule has 0 aromatic carbocycles. The number of piperidine rings is 1. The molecule has 1 N–H and O–H groups in total. The molecule has 0 aromatic rings. The van der Waals surface area contributed by atoms with Crippen LogP contribution in [0.2, 0.25) is 0 Å². The molecule has 2 aliphatic heterocycles. The van der Waals surface area contributed by atoms with E-state index in [0.717, 1.165) is 64.7 Å². The van der Waals surface area contributed by atoms with Gasteiger partial charge in [-0.1, -0.05) is 13.3 Å². The van der Waals surface area contributed by atoms with Gasteiger partial charge >= 0.3 is 0 Å². The summed E-state index contributed by atoms with van der Waals surface area (Å²) in [6, 6.07) is 0. The van der Waals surface area contributed by atoms with Gasteiger partial charge in [-0.05, 0) is 45.2 Å². The molecule has 5 heteroatoms. The minimum absolute atomic E-state index is 0.101. The average molecular weight is 295 g/mol. The lowest BCUT2D eigenvalue weighted by molar-refractivity contribution is -0.147. The Bertz CT molecular complexity index is 366. The zero-order chi connectivity index (χ0) is 15.3. The summed E-state index contributed by atoms with van der Waals surface area (Å²) in [7, 11) is 1.79. The molecule has 0 spiro atoms. The standard InChI is InChI=1S/C16H29N3O2/c1-3-6-16(7-9-17-10-8-16)15(21)18(2)13-14(20)19-11-4-5-12-19/h17H,3-13H2,1-2H3. The van der Waals surface area contributed by atoms with Crippen LogP contribution in [0.3, 0.4) is 0 Å². The van der Waals surface area contributed by atoms with Crippen molar-refractivity contribution in [1.29, 1.82) is 0 Å². The van der Waals surface area contributed by atoms with Gasteiger partial charge in [-0.3, -0.25) is 9.59 Å². The fourth-order valence-electron chi connectivity index (χ4n) is 3.70. The summed E-state index contributed by atoms with van der Waals surface area (Å²) in [6.07, 6.45) is 5.91. The highest BCUT2D eigenvalue weighted by Crippen LogP contribution is 2.35. The van der Waals surface area contributed by atoms with Crippen LogP contribution in [0.4, 0.5) is 0 Å². The SMILES string of the molecule is CCCC1(C(=O)N(C)CC(=O)N2CCCC2)CCNCC1. The maximum Gasteiger partial charge on any atom is 0.242 e. The normalized spacial score (nSPS) is 21.3. The highest BCUT2D eigenvalue weighted by atomic mass is 16.2. The van der Waals surface area contributed by atoms with Gasteiger partial charge in [0.25, 0.3) is 0 Å². The molecule has 0 atom stereocenters. The van der Waals surface area contributed by atoms with Crippen LogP contribution < -0.4 is 5.32 Å². The number of hydrogen-bond acceptors (Lipinski definition) is 3. The molecule has 0 aromatic heterocycles. The third kappa shape index (κ3) is 3.76. The first-order valence-electron chi connectivity index (χ1n) is 8.33. The van der Waals surface area contributed by atoms with Crippen molar-refractivity contribution in [3.63, 3.8) is 0 Å². The molecular formula is C16H29N3O2. The van der Waals surface area contributed by atoms with Gasteiger partial charge in [-0.2, -0.15) is 0 Å². The summed E-state index contributed by atoms with van der Waals surface area (Å²) in [6.45, 7) is 5.87. The number of carbonyl (C=O) groups is 2. The van der Waals surface area contributed by atoms with Crippen molar-refractivity contribution >= 4 is 11.8 Å². The van der Waals surface area contributed by atoms with E-state index in [2.05, 4.69) is 12.2 Å². The molecule has 5 nitrogen and oxygen atoms in total. The Morgan fingerprint density at radius 2 is 1.81 bits per heavy atom. The van der Waals surface area contributed by atoms with Crippen LogP contribution in [-0.4, -0.2) is 61.4 Å². The smallest absolute Gasteiger partial charge is 0.242 e. The molecule has 0 saturated carbocycles. The molecule has 2 amide bonds. The van der Waals surface area contributed by atoms with Crippen LogP contribution >= 0.6 is 0 Å².